The number of rotatable bonds is 8. The Morgan fingerprint density at radius 1 is 1.15 bits per heavy atom. The van der Waals surface area contributed by atoms with E-state index in [1.807, 2.05) is 44.2 Å². The van der Waals surface area contributed by atoms with Crippen LogP contribution in [0.5, 0.6) is 5.75 Å². The number of carbonyl (C=O) groups excluding carboxylic acids is 1. The molecule has 5 nitrogen and oxygen atoms in total. The van der Waals surface area contributed by atoms with Gasteiger partial charge in [-0.05, 0) is 41.3 Å². The number of amides is 1. The van der Waals surface area contributed by atoms with Crippen molar-refractivity contribution in [3.63, 3.8) is 0 Å². The van der Waals surface area contributed by atoms with Crippen molar-refractivity contribution in [1.82, 2.24) is 5.32 Å². The van der Waals surface area contributed by atoms with Gasteiger partial charge in [0.25, 0.3) is 0 Å². The van der Waals surface area contributed by atoms with Crippen LogP contribution in [0.15, 0.2) is 53.0 Å². The number of nitrogens with one attached hydrogen (secondary N) is 1. The van der Waals surface area contributed by atoms with Gasteiger partial charge in [-0.1, -0.05) is 54.0 Å². The second-order valence-corrected chi connectivity index (χ2v) is 9.70. The Labute approximate surface area is 169 Å². The first-order valence-electron chi connectivity index (χ1n) is 8.58. The Bertz CT molecular complexity index is 879. The van der Waals surface area contributed by atoms with Crippen LogP contribution in [0.25, 0.3) is 0 Å². The second kappa shape index (κ2) is 9.37. The van der Waals surface area contributed by atoms with Gasteiger partial charge in [0, 0.05) is 4.47 Å². The van der Waals surface area contributed by atoms with Crippen LogP contribution < -0.4 is 10.1 Å². The number of hydrogen-bond donors (Lipinski definition) is 1. The molecule has 0 aliphatic rings. The van der Waals surface area contributed by atoms with Gasteiger partial charge in [0.15, 0.2) is 9.84 Å². The Hall–Kier alpha value is -1.86. The summed E-state index contributed by atoms with van der Waals surface area (Å²) in [6, 6.07) is 14.2. The number of sulfone groups is 1. The van der Waals surface area contributed by atoms with Gasteiger partial charge in [0.05, 0.1) is 18.9 Å². The molecule has 0 radical (unpaired) electrons. The Balaban J connectivity index is 2.06. The molecule has 27 heavy (non-hydrogen) atoms. The lowest BCUT2D eigenvalue weighted by Crippen LogP contribution is -2.36. The standard InChI is InChI=1S/C20H24BrNO4S/c1-14(2)20(16-7-9-18(26-3)10-8-16)22-19(23)13-27(24,25)12-15-5-4-6-17(21)11-15/h4-11,14,20H,12-13H2,1-3H3,(H,22,23). The van der Waals surface area contributed by atoms with Crippen LogP contribution in [0.1, 0.15) is 31.0 Å². The van der Waals surface area contributed by atoms with E-state index in [9.17, 15) is 13.2 Å². The van der Waals surface area contributed by atoms with E-state index < -0.39 is 21.5 Å². The lowest BCUT2D eigenvalue weighted by molar-refractivity contribution is -0.119. The van der Waals surface area contributed by atoms with Gasteiger partial charge in [0.2, 0.25) is 5.91 Å². The highest BCUT2D eigenvalue weighted by atomic mass is 79.9. The third-order valence-electron chi connectivity index (χ3n) is 4.08. The highest BCUT2D eigenvalue weighted by molar-refractivity contribution is 9.10. The van der Waals surface area contributed by atoms with E-state index in [4.69, 9.17) is 4.74 Å². The summed E-state index contributed by atoms with van der Waals surface area (Å²) < 4.78 is 30.8. The molecule has 1 unspecified atom stereocenters. The maximum Gasteiger partial charge on any atom is 0.235 e. The molecular weight excluding hydrogens is 430 g/mol. The van der Waals surface area contributed by atoms with Crippen molar-refractivity contribution in [3.8, 4) is 5.75 Å². The highest BCUT2D eigenvalue weighted by Crippen LogP contribution is 2.24. The average molecular weight is 454 g/mol. The van der Waals surface area contributed by atoms with Gasteiger partial charge in [0.1, 0.15) is 11.5 Å². The first-order chi connectivity index (χ1) is 12.7. The molecular formula is C20H24BrNO4S. The fraction of sp³-hybridized carbons (Fsp3) is 0.350. The van der Waals surface area contributed by atoms with Gasteiger partial charge in [-0.2, -0.15) is 0 Å². The van der Waals surface area contributed by atoms with E-state index in [0.29, 0.717) is 5.56 Å². The SMILES string of the molecule is COc1ccc(C(NC(=O)CS(=O)(=O)Cc2cccc(Br)c2)C(C)C)cc1. The maximum atomic E-state index is 12.4. The highest BCUT2D eigenvalue weighted by Gasteiger charge is 2.23. The summed E-state index contributed by atoms with van der Waals surface area (Å²) in [5, 5.41) is 2.86. The number of hydrogen-bond acceptors (Lipinski definition) is 4. The third-order valence-corrected chi connectivity index (χ3v) is 6.05. The zero-order chi connectivity index (χ0) is 20.0. The van der Waals surface area contributed by atoms with Crippen LogP contribution in [0.3, 0.4) is 0 Å². The molecule has 0 aromatic heterocycles. The fourth-order valence-corrected chi connectivity index (χ4v) is 4.51. The molecule has 1 N–H and O–H groups in total. The van der Waals surface area contributed by atoms with E-state index in [0.717, 1.165) is 15.8 Å². The zero-order valence-corrected chi connectivity index (χ0v) is 18.0. The van der Waals surface area contributed by atoms with Crippen LogP contribution in [-0.4, -0.2) is 27.2 Å². The predicted octanol–water partition coefficient (Wildman–Crippen LogP) is 3.89. The smallest absolute Gasteiger partial charge is 0.235 e. The molecule has 0 aliphatic carbocycles. The van der Waals surface area contributed by atoms with E-state index in [1.54, 1.807) is 25.3 Å². The molecule has 0 aliphatic heterocycles. The molecule has 0 saturated heterocycles. The zero-order valence-electron chi connectivity index (χ0n) is 15.6. The van der Waals surface area contributed by atoms with Crippen LogP contribution in [-0.2, 0) is 20.4 Å². The topological polar surface area (TPSA) is 72.5 Å². The van der Waals surface area contributed by atoms with Crippen LogP contribution in [0.4, 0.5) is 0 Å². The molecule has 0 saturated carbocycles. The third kappa shape index (κ3) is 6.66. The molecule has 1 amide bonds. The van der Waals surface area contributed by atoms with Gasteiger partial charge in [-0.3, -0.25) is 4.79 Å². The minimum absolute atomic E-state index is 0.107. The predicted molar refractivity (Wildman–Crippen MR) is 110 cm³/mol. The minimum atomic E-state index is -3.57. The van der Waals surface area contributed by atoms with Gasteiger partial charge < -0.3 is 10.1 Å². The van der Waals surface area contributed by atoms with Crippen molar-refractivity contribution in [3.05, 3.63) is 64.1 Å². The largest absolute Gasteiger partial charge is 0.497 e. The summed E-state index contributed by atoms with van der Waals surface area (Å²) in [6.45, 7) is 3.95. The summed E-state index contributed by atoms with van der Waals surface area (Å²) in [4.78, 5) is 12.4. The second-order valence-electron chi connectivity index (χ2n) is 6.72. The number of methoxy groups -OCH3 is 1. The lowest BCUT2D eigenvalue weighted by Gasteiger charge is -2.23. The molecule has 1 atom stereocenters. The molecule has 0 spiro atoms. The molecule has 7 heteroatoms. The van der Waals surface area contributed by atoms with Crippen LogP contribution >= 0.6 is 15.9 Å². The minimum Gasteiger partial charge on any atom is -0.497 e. The molecule has 2 rings (SSSR count). The van der Waals surface area contributed by atoms with E-state index in [-0.39, 0.29) is 17.7 Å². The number of benzene rings is 2. The Kier molecular flexibility index (Phi) is 7.44. The van der Waals surface area contributed by atoms with Crippen LogP contribution in [0, 0.1) is 5.92 Å². The maximum absolute atomic E-state index is 12.4. The van der Waals surface area contributed by atoms with Crippen molar-refractivity contribution in [2.24, 2.45) is 5.92 Å². The lowest BCUT2D eigenvalue weighted by atomic mass is 9.96. The molecule has 0 bridgehead atoms. The Morgan fingerprint density at radius 3 is 2.37 bits per heavy atom. The normalized spacial score (nSPS) is 12.6. The summed E-state index contributed by atoms with van der Waals surface area (Å²) in [5.74, 6) is -0.382. The Morgan fingerprint density at radius 2 is 1.81 bits per heavy atom. The van der Waals surface area contributed by atoms with Crippen molar-refractivity contribution in [2.45, 2.75) is 25.6 Å². The molecule has 2 aromatic rings. The monoisotopic (exact) mass is 453 g/mol. The van der Waals surface area contributed by atoms with Crippen molar-refractivity contribution in [2.75, 3.05) is 12.9 Å². The first kappa shape index (κ1) is 21.4. The molecule has 0 heterocycles. The number of halogens is 1. The van der Waals surface area contributed by atoms with Crippen molar-refractivity contribution in [1.29, 1.82) is 0 Å². The molecule has 146 valence electrons. The summed E-state index contributed by atoms with van der Waals surface area (Å²) in [5.41, 5.74) is 1.55. The van der Waals surface area contributed by atoms with Gasteiger partial charge >= 0.3 is 0 Å². The van der Waals surface area contributed by atoms with Gasteiger partial charge in [-0.25, -0.2) is 8.42 Å². The van der Waals surface area contributed by atoms with Crippen molar-refractivity contribution >= 4 is 31.7 Å². The summed E-state index contributed by atoms with van der Waals surface area (Å²) in [7, 11) is -1.98. The van der Waals surface area contributed by atoms with E-state index in [1.165, 1.54) is 0 Å². The number of carbonyl (C=O) groups is 1. The van der Waals surface area contributed by atoms with Crippen LogP contribution in [0.2, 0.25) is 0 Å². The molecule has 0 fully saturated rings. The summed E-state index contributed by atoms with van der Waals surface area (Å²) in [6.07, 6.45) is 0. The quantitative estimate of drug-likeness (QED) is 0.657. The van der Waals surface area contributed by atoms with Gasteiger partial charge in [-0.15, -0.1) is 0 Å². The average Bonchev–Trinajstić information content (AvgIpc) is 2.58. The van der Waals surface area contributed by atoms with E-state index in [2.05, 4.69) is 21.2 Å². The number of ether oxygens (including phenoxy) is 1. The first-order valence-corrected chi connectivity index (χ1v) is 11.2. The molecule has 2 aromatic carbocycles. The summed E-state index contributed by atoms with van der Waals surface area (Å²) >= 11 is 3.32. The van der Waals surface area contributed by atoms with E-state index >= 15 is 0 Å². The van der Waals surface area contributed by atoms with Crippen molar-refractivity contribution < 1.29 is 17.9 Å². The fourth-order valence-electron chi connectivity index (χ4n) is 2.79.